The van der Waals surface area contributed by atoms with Crippen molar-refractivity contribution in [2.24, 2.45) is 0 Å². The fraction of sp³-hybridized carbons (Fsp3) is 0.375. The van der Waals surface area contributed by atoms with Crippen molar-refractivity contribution in [2.45, 2.75) is 13.8 Å². The normalized spacial score (nSPS) is 6.00. The summed E-state index contributed by atoms with van der Waals surface area (Å²) in [5.74, 6) is -0.329. The molecule has 72 valence electrons. The number of carbonyl (C=O) groups excluding carboxylic acids is 1. The molecule has 1 N–H and O–H groups in total. The lowest BCUT2D eigenvalue weighted by molar-refractivity contribution is -0.135. The average molecular weight is 195 g/mol. The van der Waals surface area contributed by atoms with Crippen LogP contribution in [0.1, 0.15) is 13.8 Å². The maximum atomic E-state index is 9.75. The molecule has 3 nitrogen and oxygen atoms in total. The van der Waals surface area contributed by atoms with Gasteiger partial charge in [-0.05, 0) is 12.5 Å². The molecule has 4 heteroatoms. The Kier molecular flexibility index (Phi) is 32.4. The molecule has 0 spiro atoms. The molecule has 0 bridgehead atoms. The van der Waals surface area contributed by atoms with Gasteiger partial charge in [-0.2, -0.15) is 0 Å². The summed E-state index contributed by atoms with van der Waals surface area (Å²) in [5, 5.41) is 7.57. The monoisotopic (exact) mass is 194 g/mol. The van der Waals surface area contributed by atoms with Crippen LogP contribution < -0.4 is 0 Å². The minimum absolute atomic E-state index is 0.250. The lowest BCUT2D eigenvalue weighted by Gasteiger charge is -1.83. The number of rotatable bonds is 1. The molecule has 0 aliphatic heterocycles. The second-order valence-corrected chi connectivity index (χ2v) is 1.56. The summed E-state index contributed by atoms with van der Waals surface area (Å²) in [6.07, 6.45) is 1.10. The predicted molar refractivity (Wildman–Crippen MR) is 50.8 cm³/mol. The first-order valence-electron chi connectivity index (χ1n) is 3.20. The third-order valence-electron chi connectivity index (χ3n) is 0.249. The molecule has 0 aliphatic rings. The second-order valence-electron chi connectivity index (χ2n) is 1.25. The van der Waals surface area contributed by atoms with Gasteiger partial charge < -0.3 is 9.84 Å². The smallest absolute Gasteiger partial charge is 0.307 e. The molecule has 0 aromatic heterocycles. The van der Waals surface area contributed by atoms with Crippen molar-refractivity contribution in [3.05, 3.63) is 25.0 Å². The number of carbonyl (C=O) groups is 1. The average Bonchev–Trinajstić information content (AvgIpc) is 1.89. The van der Waals surface area contributed by atoms with Gasteiger partial charge in [-0.15, -0.1) is 0 Å². The van der Waals surface area contributed by atoms with Crippen LogP contribution in [0.4, 0.5) is 0 Å². The lowest BCUT2D eigenvalue weighted by Crippen LogP contribution is -1.87. The molecule has 0 atom stereocenters. The molecule has 0 heterocycles. The summed E-state index contributed by atoms with van der Waals surface area (Å²) in [5.41, 5.74) is 1.22. The maximum absolute atomic E-state index is 9.75. The van der Waals surface area contributed by atoms with Gasteiger partial charge in [0.05, 0.1) is 6.26 Å². The molecule has 0 aliphatic carbocycles. The van der Waals surface area contributed by atoms with Crippen LogP contribution in [-0.2, 0) is 9.53 Å². The van der Waals surface area contributed by atoms with Crippen molar-refractivity contribution in [3.63, 3.8) is 0 Å². The van der Waals surface area contributed by atoms with E-state index in [4.69, 9.17) is 16.7 Å². The maximum Gasteiger partial charge on any atom is 0.307 e. The van der Waals surface area contributed by atoms with Crippen LogP contribution >= 0.6 is 11.6 Å². The zero-order valence-corrected chi connectivity index (χ0v) is 8.17. The summed E-state index contributed by atoms with van der Waals surface area (Å²) in [4.78, 5) is 9.75. The Morgan fingerprint density at radius 2 is 1.92 bits per heavy atom. The number of esters is 1. The van der Waals surface area contributed by atoms with Gasteiger partial charge in [0, 0.05) is 13.5 Å². The zero-order valence-electron chi connectivity index (χ0n) is 7.42. The van der Waals surface area contributed by atoms with Crippen molar-refractivity contribution < 1.29 is 14.6 Å². The summed E-state index contributed by atoms with van der Waals surface area (Å²) in [6.45, 7) is 9.54. The van der Waals surface area contributed by atoms with Crippen LogP contribution in [0.15, 0.2) is 25.0 Å². The third-order valence-corrected chi connectivity index (χ3v) is 0.249. The van der Waals surface area contributed by atoms with Gasteiger partial charge in [-0.3, -0.25) is 4.79 Å². The first-order valence-corrected chi connectivity index (χ1v) is 3.64. The Balaban J connectivity index is -0.000000115. The number of hydrogen-bond donors (Lipinski definition) is 1. The number of ether oxygens (including phenoxy) is 1. The van der Waals surface area contributed by atoms with Gasteiger partial charge in [0.15, 0.2) is 0 Å². The largest absolute Gasteiger partial charge is 0.435 e. The Bertz CT molecular complexity index is 113. The van der Waals surface area contributed by atoms with E-state index in [9.17, 15) is 4.79 Å². The quantitative estimate of drug-likeness (QED) is 0.514. The standard InChI is InChI=1S/C4H6O2.C2H3Cl.C2H6O/c1-3-6-4(2)5;2*1-2-3/h3H,1H2,2H3;2H,1H2;3H,2H2,1H3. The fourth-order valence-corrected chi connectivity index (χ4v) is 0.117. The molecule has 12 heavy (non-hydrogen) atoms. The number of hydrogen-bond acceptors (Lipinski definition) is 3. The van der Waals surface area contributed by atoms with Gasteiger partial charge in [0.1, 0.15) is 0 Å². The zero-order chi connectivity index (χ0) is 10.4. The molecular weight excluding hydrogens is 180 g/mol. The molecule has 0 fully saturated rings. The highest BCUT2D eigenvalue weighted by Crippen LogP contribution is 1.70. The van der Waals surface area contributed by atoms with Crippen molar-refractivity contribution in [3.8, 4) is 0 Å². The number of aliphatic hydroxyl groups excluding tert-OH is 1. The van der Waals surface area contributed by atoms with E-state index in [1.807, 2.05) is 0 Å². The Labute approximate surface area is 78.3 Å². The Morgan fingerprint density at radius 1 is 1.67 bits per heavy atom. The van der Waals surface area contributed by atoms with E-state index in [0.717, 1.165) is 6.26 Å². The summed E-state index contributed by atoms with van der Waals surface area (Å²) in [7, 11) is 0. The Morgan fingerprint density at radius 3 is 1.92 bits per heavy atom. The molecule has 0 radical (unpaired) electrons. The first-order chi connectivity index (χ1) is 5.60. The topological polar surface area (TPSA) is 46.5 Å². The molecule has 0 aromatic carbocycles. The molecule has 0 saturated heterocycles. The van der Waals surface area contributed by atoms with Crippen LogP contribution in [0.25, 0.3) is 0 Å². The highest BCUT2D eigenvalue weighted by Gasteiger charge is 1.79. The van der Waals surface area contributed by atoms with E-state index in [1.54, 1.807) is 6.92 Å². The van der Waals surface area contributed by atoms with Crippen LogP contribution in [0.2, 0.25) is 0 Å². The third kappa shape index (κ3) is 128. The predicted octanol–water partition coefficient (Wildman–Crippen LogP) is 2.06. The molecular formula is C8H15ClO3. The van der Waals surface area contributed by atoms with Crippen LogP contribution in [0, 0.1) is 0 Å². The van der Waals surface area contributed by atoms with Crippen LogP contribution in [0.3, 0.4) is 0 Å². The van der Waals surface area contributed by atoms with Crippen molar-refractivity contribution >= 4 is 17.6 Å². The second kappa shape index (κ2) is 22.5. The highest BCUT2D eigenvalue weighted by molar-refractivity contribution is 6.25. The summed E-state index contributed by atoms with van der Waals surface area (Å²) >= 11 is 4.76. The van der Waals surface area contributed by atoms with E-state index in [1.165, 1.54) is 12.5 Å². The van der Waals surface area contributed by atoms with Crippen molar-refractivity contribution in [1.82, 2.24) is 0 Å². The minimum atomic E-state index is -0.329. The highest BCUT2D eigenvalue weighted by atomic mass is 35.5. The van der Waals surface area contributed by atoms with Crippen molar-refractivity contribution in [2.75, 3.05) is 6.61 Å². The molecule has 0 aromatic rings. The molecule has 0 saturated carbocycles. The summed E-state index contributed by atoms with van der Waals surface area (Å²) < 4.78 is 4.17. The van der Waals surface area contributed by atoms with Crippen LogP contribution in [-0.4, -0.2) is 17.7 Å². The first kappa shape index (κ1) is 17.3. The van der Waals surface area contributed by atoms with Gasteiger partial charge in [-0.25, -0.2) is 0 Å². The lowest BCUT2D eigenvalue weighted by atomic mass is 10.8. The minimum Gasteiger partial charge on any atom is -0.435 e. The Hall–Kier alpha value is -0.800. The van der Waals surface area contributed by atoms with Crippen molar-refractivity contribution in [1.29, 1.82) is 0 Å². The summed E-state index contributed by atoms with van der Waals surface area (Å²) in [6, 6.07) is 0. The van der Waals surface area contributed by atoms with E-state index in [2.05, 4.69) is 17.9 Å². The van der Waals surface area contributed by atoms with Gasteiger partial charge in [-0.1, -0.05) is 24.8 Å². The van der Waals surface area contributed by atoms with Gasteiger partial charge in [0.25, 0.3) is 0 Å². The molecule has 0 rings (SSSR count). The molecule has 0 amide bonds. The van der Waals surface area contributed by atoms with Crippen LogP contribution in [0.5, 0.6) is 0 Å². The van der Waals surface area contributed by atoms with E-state index in [0.29, 0.717) is 0 Å². The van der Waals surface area contributed by atoms with Gasteiger partial charge >= 0.3 is 5.97 Å². The SMILES string of the molecule is C=CCl.C=COC(C)=O.CCO. The van der Waals surface area contributed by atoms with E-state index >= 15 is 0 Å². The number of aliphatic hydroxyl groups is 1. The van der Waals surface area contributed by atoms with E-state index in [-0.39, 0.29) is 12.6 Å². The molecule has 0 unspecified atom stereocenters. The van der Waals surface area contributed by atoms with Gasteiger partial charge in [0.2, 0.25) is 0 Å². The van der Waals surface area contributed by atoms with E-state index < -0.39 is 0 Å². The fourth-order valence-electron chi connectivity index (χ4n) is 0.117. The number of halogens is 1.